The zero-order chi connectivity index (χ0) is 21.6. The Bertz CT molecular complexity index is 824. The van der Waals surface area contributed by atoms with Gasteiger partial charge in [-0.1, -0.05) is 26.0 Å². The minimum Gasteiger partial charge on any atom is -0.482 e. The van der Waals surface area contributed by atoms with Gasteiger partial charge in [0.05, 0.1) is 6.54 Å². The summed E-state index contributed by atoms with van der Waals surface area (Å²) in [7, 11) is 1.77. The Balaban J connectivity index is 2.25. The Kier molecular flexibility index (Phi) is 8.05. The molecule has 0 aliphatic rings. The summed E-state index contributed by atoms with van der Waals surface area (Å²) >= 11 is 0. The van der Waals surface area contributed by atoms with Gasteiger partial charge in [-0.05, 0) is 79.3 Å². The lowest BCUT2D eigenvalue weighted by molar-refractivity contribution is -0.139. The third-order valence-corrected chi connectivity index (χ3v) is 4.75. The zero-order valence-corrected chi connectivity index (χ0v) is 17.8. The molecule has 2 aromatic carbocycles. The molecule has 1 atom stereocenters. The number of rotatable bonds is 10. The molecule has 6 heteroatoms. The summed E-state index contributed by atoms with van der Waals surface area (Å²) in [5, 5.41) is 21.6. The van der Waals surface area contributed by atoms with Crippen LogP contribution in [0.5, 0.6) is 11.5 Å². The van der Waals surface area contributed by atoms with Crippen LogP contribution in [0.2, 0.25) is 0 Å². The molecule has 0 heterocycles. The second-order valence-corrected chi connectivity index (χ2v) is 7.55. The van der Waals surface area contributed by atoms with E-state index in [1.807, 2.05) is 38.1 Å². The second-order valence-electron chi connectivity index (χ2n) is 7.55. The van der Waals surface area contributed by atoms with Crippen LogP contribution in [-0.2, 0) is 11.2 Å². The van der Waals surface area contributed by atoms with Gasteiger partial charge in [0.2, 0.25) is 6.29 Å². The number of aryl methyl sites for hydroxylation is 2. The number of hydrogen-bond acceptors (Lipinski definition) is 5. The lowest BCUT2D eigenvalue weighted by Crippen LogP contribution is -2.29. The van der Waals surface area contributed by atoms with Gasteiger partial charge in [0.25, 0.3) is 0 Å². The molecule has 0 aliphatic heterocycles. The van der Waals surface area contributed by atoms with Crippen molar-refractivity contribution in [1.82, 2.24) is 5.32 Å². The summed E-state index contributed by atoms with van der Waals surface area (Å²) in [4.78, 5) is 10.7. The van der Waals surface area contributed by atoms with Gasteiger partial charge in [0, 0.05) is 0 Å². The van der Waals surface area contributed by atoms with E-state index in [0.717, 1.165) is 28.7 Å². The fourth-order valence-electron chi connectivity index (χ4n) is 3.29. The highest BCUT2D eigenvalue weighted by molar-refractivity contribution is 5.68. The summed E-state index contributed by atoms with van der Waals surface area (Å²) in [5.41, 5.74) is 5.50. The number of benzene rings is 2. The van der Waals surface area contributed by atoms with Crippen LogP contribution >= 0.6 is 0 Å². The number of carboxylic acids is 1. The molecule has 0 aromatic heterocycles. The Labute approximate surface area is 172 Å². The number of likely N-dealkylation sites (N-methyl/N-ethyl adjacent to an activating group) is 1. The molecule has 6 nitrogen and oxygen atoms in total. The molecule has 158 valence electrons. The number of ether oxygens (including phenoxy) is 2. The minimum absolute atomic E-state index is 0.251. The molecule has 3 N–H and O–H groups in total. The number of hydrogen-bond donors (Lipinski definition) is 3. The van der Waals surface area contributed by atoms with E-state index in [-0.39, 0.29) is 12.5 Å². The normalized spacial score (nSPS) is 12.1. The molecule has 0 fully saturated rings. The van der Waals surface area contributed by atoms with E-state index in [4.69, 9.17) is 14.6 Å². The Morgan fingerprint density at radius 3 is 2.34 bits per heavy atom. The van der Waals surface area contributed by atoms with Crippen molar-refractivity contribution >= 4 is 5.97 Å². The molecule has 0 radical (unpaired) electrons. The van der Waals surface area contributed by atoms with Crippen molar-refractivity contribution in [2.75, 3.05) is 20.2 Å². The third-order valence-electron chi connectivity index (χ3n) is 4.75. The van der Waals surface area contributed by atoms with Crippen molar-refractivity contribution in [3.63, 3.8) is 0 Å². The number of aliphatic hydroxyl groups is 1. The van der Waals surface area contributed by atoms with Gasteiger partial charge in [0.1, 0.15) is 11.5 Å². The maximum atomic E-state index is 10.7. The molecule has 0 bridgehead atoms. The first-order valence-electron chi connectivity index (χ1n) is 9.78. The number of aliphatic carboxylic acids is 1. The van der Waals surface area contributed by atoms with Crippen molar-refractivity contribution in [2.24, 2.45) is 0 Å². The van der Waals surface area contributed by atoms with Crippen LogP contribution in [0, 0.1) is 13.8 Å². The van der Waals surface area contributed by atoms with Crippen molar-refractivity contribution in [2.45, 2.75) is 46.3 Å². The molecule has 0 saturated heterocycles. The van der Waals surface area contributed by atoms with Crippen LogP contribution in [-0.4, -0.2) is 42.7 Å². The average molecular weight is 402 g/mol. The summed E-state index contributed by atoms with van der Waals surface area (Å²) in [6, 6.07) is 9.81. The van der Waals surface area contributed by atoms with Crippen LogP contribution in [0.25, 0.3) is 0 Å². The van der Waals surface area contributed by atoms with E-state index < -0.39 is 12.3 Å². The van der Waals surface area contributed by atoms with Gasteiger partial charge in [-0.25, -0.2) is 4.79 Å². The SMILES string of the molecule is CNCC(O)Oc1ccc(Cc2c(C)cc(OCC(=O)O)cc2C)cc1C(C)C. The van der Waals surface area contributed by atoms with Crippen LogP contribution in [0.3, 0.4) is 0 Å². The first-order valence-corrected chi connectivity index (χ1v) is 9.78. The molecule has 0 spiro atoms. The predicted octanol–water partition coefficient (Wildman–Crippen LogP) is 3.40. The fraction of sp³-hybridized carbons (Fsp3) is 0.435. The van der Waals surface area contributed by atoms with E-state index >= 15 is 0 Å². The molecule has 0 amide bonds. The molecule has 29 heavy (non-hydrogen) atoms. The minimum atomic E-state index is -0.993. The molecule has 0 saturated carbocycles. The third kappa shape index (κ3) is 6.48. The highest BCUT2D eigenvalue weighted by atomic mass is 16.6. The standard InChI is InChI=1S/C23H31NO5/c1-14(2)19-10-17(6-7-21(19)29-23(27)12-24-5)11-20-15(3)8-18(9-16(20)4)28-13-22(25)26/h6-10,14,23-24,27H,11-13H2,1-5H3,(H,25,26). The number of nitrogens with one attached hydrogen (secondary N) is 1. The highest BCUT2D eigenvalue weighted by Crippen LogP contribution is 2.30. The van der Waals surface area contributed by atoms with Crippen LogP contribution < -0.4 is 14.8 Å². The smallest absolute Gasteiger partial charge is 0.341 e. The zero-order valence-electron chi connectivity index (χ0n) is 17.8. The summed E-state index contributed by atoms with van der Waals surface area (Å²) in [5.74, 6) is 0.516. The first kappa shape index (κ1) is 22.7. The molecular formula is C23H31NO5. The molecule has 2 rings (SSSR count). The first-order chi connectivity index (χ1) is 13.7. The van der Waals surface area contributed by atoms with Crippen molar-refractivity contribution < 1.29 is 24.5 Å². The van der Waals surface area contributed by atoms with E-state index in [9.17, 15) is 9.90 Å². The van der Waals surface area contributed by atoms with Crippen molar-refractivity contribution in [3.8, 4) is 11.5 Å². The van der Waals surface area contributed by atoms with Gasteiger partial charge < -0.3 is 25.0 Å². The van der Waals surface area contributed by atoms with E-state index in [1.54, 1.807) is 7.05 Å². The maximum absolute atomic E-state index is 10.7. The van der Waals surface area contributed by atoms with Crippen molar-refractivity contribution in [3.05, 3.63) is 58.1 Å². The second kappa shape index (κ2) is 10.3. The molecule has 2 aromatic rings. The fourth-order valence-corrected chi connectivity index (χ4v) is 3.29. The lowest BCUT2D eigenvalue weighted by atomic mass is 9.93. The van der Waals surface area contributed by atoms with Crippen LogP contribution in [0.15, 0.2) is 30.3 Å². The Hall–Kier alpha value is -2.57. The van der Waals surface area contributed by atoms with Gasteiger partial charge in [0.15, 0.2) is 6.61 Å². The van der Waals surface area contributed by atoms with Gasteiger partial charge in [-0.15, -0.1) is 0 Å². The highest BCUT2D eigenvalue weighted by Gasteiger charge is 2.14. The molecule has 1 unspecified atom stereocenters. The van der Waals surface area contributed by atoms with Gasteiger partial charge >= 0.3 is 5.97 Å². The van der Waals surface area contributed by atoms with Crippen LogP contribution in [0.1, 0.15) is 47.6 Å². The molecule has 0 aliphatic carbocycles. The monoisotopic (exact) mass is 401 g/mol. The lowest BCUT2D eigenvalue weighted by Gasteiger charge is -2.19. The van der Waals surface area contributed by atoms with E-state index in [1.165, 1.54) is 5.56 Å². The van der Waals surface area contributed by atoms with Gasteiger partial charge in [-0.3, -0.25) is 0 Å². The largest absolute Gasteiger partial charge is 0.482 e. The number of carboxylic acid groups (broad SMARTS) is 1. The number of aliphatic hydroxyl groups excluding tert-OH is 1. The number of carbonyl (C=O) groups is 1. The summed E-state index contributed by atoms with van der Waals surface area (Å²) < 4.78 is 11.0. The van der Waals surface area contributed by atoms with Crippen molar-refractivity contribution in [1.29, 1.82) is 0 Å². The topological polar surface area (TPSA) is 88.0 Å². The Morgan fingerprint density at radius 2 is 1.79 bits per heavy atom. The predicted molar refractivity (Wildman–Crippen MR) is 113 cm³/mol. The van der Waals surface area contributed by atoms with E-state index in [2.05, 4.69) is 25.2 Å². The summed E-state index contributed by atoms with van der Waals surface area (Å²) in [6.45, 7) is 8.21. The van der Waals surface area contributed by atoms with Crippen LogP contribution in [0.4, 0.5) is 0 Å². The van der Waals surface area contributed by atoms with E-state index in [0.29, 0.717) is 18.0 Å². The summed E-state index contributed by atoms with van der Waals surface area (Å²) in [6.07, 6.45) is -0.151. The molecular weight excluding hydrogens is 370 g/mol. The average Bonchev–Trinajstić information content (AvgIpc) is 2.64. The maximum Gasteiger partial charge on any atom is 0.341 e. The Morgan fingerprint density at radius 1 is 1.14 bits per heavy atom. The van der Waals surface area contributed by atoms with Gasteiger partial charge in [-0.2, -0.15) is 0 Å². The quantitative estimate of drug-likeness (QED) is 0.529.